The second kappa shape index (κ2) is 10.9. The lowest BCUT2D eigenvalue weighted by molar-refractivity contribution is -0.135. The van der Waals surface area contributed by atoms with Crippen molar-refractivity contribution in [2.45, 2.75) is 44.9 Å². The van der Waals surface area contributed by atoms with Crippen LogP contribution in [0.5, 0.6) is 5.75 Å². The lowest BCUT2D eigenvalue weighted by atomic mass is 9.82. The molecule has 0 bridgehead atoms. The molecule has 1 aromatic heterocycles. The van der Waals surface area contributed by atoms with Gasteiger partial charge in [-0.15, -0.1) is 0 Å². The molecule has 7 heteroatoms. The Balaban J connectivity index is 1.71. The average molecular weight is 468 g/mol. The van der Waals surface area contributed by atoms with E-state index in [0.717, 1.165) is 54.1 Å². The zero-order valence-corrected chi connectivity index (χ0v) is 19.6. The fourth-order valence-corrected chi connectivity index (χ4v) is 4.90. The molecule has 0 radical (unpaired) electrons. The van der Waals surface area contributed by atoms with Gasteiger partial charge in [-0.05, 0) is 61.2 Å². The molecule has 1 atom stereocenters. The van der Waals surface area contributed by atoms with Crippen LogP contribution in [0, 0.1) is 11.8 Å². The first-order valence-electron chi connectivity index (χ1n) is 11.5. The van der Waals surface area contributed by atoms with Crippen LogP contribution in [0.1, 0.15) is 44.2 Å². The first-order valence-corrected chi connectivity index (χ1v) is 11.9. The number of ether oxygens (including phenoxy) is 1. The number of rotatable bonds is 7. The van der Waals surface area contributed by atoms with Gasteiger partial charge in [0, 0.05) is 22.9 Å². The topological polar surface area (TPSA) is 76.4 Å². The summed E-state index contributed by atoms with van der Waals surface area (Å²) < 4.78 is 7.18. The van der Waals surface area contributed by atoms with Gasteiger partial charge in [0.15, 0.2) is 0 Å². The maximum absolute atomic E-state index is 12.6. The van der Waals surface area contributed by atoms with Crippen LogP contribution >= 0.6 is 11.6 Å². The number of nitrogens with zero attached hydrogens (tertiary/aromatic N) is 2. The molecular weight excluding hydrogens is 438 g/mol. The molecule has 174 valence electrons. The van der Waals surface area contributed by atoms with Crippen molar-refractivity contribution in [1.29, 1.82) is 0 Å². The Hall–Kier alpha value is -2.83. The van der Waals surface area contributed by atoms with Crippen molar-refractivity contribution < 1.29 is 14.7 Å². The lowest BCUT2D eigenvalue weighted by Crippen LogP contribution is -2.34. The van der Waals surface area contributed by atoms with E-state index in [2.05, 4.69) is 0 Å². The summed E-state index contributed by atoms with van der Waals surface area (Å²) in [6.07, 6.45) is 7.13. The number of benzene rings is 2. The van der Waals surface area contributed by atoms with Crippen molar-refractivity contribution in [3.05, 3.63) is 65.3 Å². The number of halogens is 1. The summed E-state index contributed by atoms with van der Waals surface area (Å²) in [5, 5.41) is 15.0. The molecule has 2 aromatic carbocycles. The number of aromatic nitrogens is 2. The van der Waals surface area contributed by atoms with Gasteiger partial charge in [0.05, 0.1) is 24.2 Å². The summed E-state index contributed by atoms with van der Waals surface area (Å²) in [7, 11) is 1.64. The van der Waals surface area contributed by atoms with Crippen LogP contribution in [0.15, 0.2) is 54.6 Å². The first kappa shape index (κ1) is 23.3. The van der Waals surface area contributed by atoms with Gasteiger partial charge in [-0.2, -0.15) is 5.10 Å². The highest BCUT2D eigenvalue weighted by molar-refractivity contribution is 6.30. The molecule has 0 spiro atoms. The van der Waals surface area contributed by atoms with Crippen molar-refractivity contribution in [3.63, 3.8) is 0 Å². The quantitative estimate of drug-likeness (QED) is 0.260. The zero-order chi connectivity index (χ0) is 23.2. The smallest absolute Gasteiger partial charge is 0.247 e. The highest BCUT2D eigenvalue weighted by Crippen LogP contribution is 2.33. The van der Waals surface area contributed by atoms with E-state index in [1.54, 1.807) is 7.11 Å². The number of hydrogen-bond donors (Lipinski definition) is 2. The summed E-state index contributed by atoms with van der Waals surface area (Å²) in [4.78, 5) is 12.6. The minimum absolute atomic E-state index is 0.241. The molecule has 1 unspecified atom stereocenters. The third-order valence-electron chi connectivity index (χ3n) is 6.56. The van der Waals surface area contributed by atoms with E-state index in [1.165, 1.54) is 12.8 Å². The van der Waals surface area contributed by atoms with Gasteiger partial charge in [-0.3, -0.25) is 10.0 Å². The number of carbonyl (C=O) groups is 1. The van der Waals surface area contributed by atoms with Crippen LogP contribution in [-0.4, -0.2) is 28.0 Å². The van der Waals surface area contributed by atoms with Gasteiger partial charge >= 0.3 is 0 Å². The van der Waals surface area contributed by atoms with E-state index in [1.807, 2.05) is 64.8 Å². The van der Waals surface area contributed by atoms with Crippen molar-refractivity contribution >= 4 is 17.5 Å². The largest absolute Gasteiger partial charge is 0.497 e. The van der Waals surface area contributed by atoms with Crippen LogP contribution in [-0.2, 0) is 11.2 Å². The maximum atomic E-state index is 12.6. The number of nitrogens with one attached hydrogen (secondary N) is 1. The molecule has 1 saturated carbocycles. The predicted molar refractivity (Wildman–Crippen MR) is 129 cm³/mol. The molecule has 33 heavy (non-hydrogen) atoms. The molecule has 1 aliphatic carbocycles. The third-order valence-corrected chi connectivity index (χ3v) is 6.81. The summed E-state index contributed by atoms with van der Waals surface area (Å²) >= 11 is 6.11. The van der Waals surface area contributed by atoms with Crippen LogP contribution in [0.25, 0.3) is 16.9 Å². The number of hydrogen-bond acceptors (Lipinski definition) is 4. The Kier molecular flexibility index (Phi) is 7.68. The fourth-order valence-electron chi connectivity index (χ4n) is 4.77. The minimum atomic E-state index is -0.325. The SMILES string of the molecule is COc1ccc(-n2nc(CC(C(=O)NO)C3CCCCCC3)cc2-c2ccc(Cl)cc2)cc1. The molecule has 1 amide bonds. The van der Waals surface area contributed by atoms with Crippen LogP contribution in [0.4, 0.5) is 0 Å². The molecule has 0 aliphatic heterocycles. The van der Waals surface area contributed by atoms with Crippen LogP contribution in [0.3, 0.4) is 0 Å². The number of amides is 1. The van der Waals surface area contributed by atoms with E-state index in [4.69, 9.17) is 21.4 Å². The average Bonchev–Trinajstić information content (AvgIpc) is 3.08. The van der Waals surface area contributed by atoms with Crippen LogP contribution in [0.2, 0.25) is 5.02 Å². The molecule has 2 N–H and O–H groups in total. The lowest BCUT2D eigenvalue weighted by Gasteiger charge is -2.23. The Morgan fingerprint density at radius 2 is 1.79 bits per heavy atom. The second-order valence-corrected chi connectivity index (χ2v) is 9.11. The summed E-state index contributed by atoms with van der Waals surface area (Å²) in [6, 6.07) is 17.4. The van der Waals surface area contributed by atoms with Crippen molar-refractivity contribution in [3.8, 4) is 22.7 Å². The molecule has 4 rings (SSSR count). The van der Waals surface area contributed by atoms with Gasteiger partial charge in [-0.25, -0.2) is 10.2 Å². The molecular formula is C26H30ClN3O3. The van der Waals surface area contributed by atoms with Gasteiger partial charge in [0.1, 0.15) is 5.75 Å². The fraction of sp³-hybridized carbons (Fsp3) is 0.385. The number of hydroxylamine groups is 1. The molecule has 6 nitrogen and oxygen atoms in total. The monoisotopic (exact) mass is 467 g/mol. The summed E-state index contributed by atoms with van der Waals surface area (Å²) in [6.45, 7) is 0. The third kappa shape index (κ3) is 5.57. The van der Waals surface area contributed by atoms with E-state index in [-0.39, 0.29) is 17.7 Å². The van der Waals surface area contributed by atoms with Gasteiger partial charge < -0.3 is 4.74 Å². The molecule has 1 heterocycles. The molecule has 0 saturated heterocycles. The van der Waals surface area contributed by atoms with Gasteiger partial charge in [-0.1, -0.05) is 49.4 Å². The van der Waals surface area contributed by atoms with E-state index in [0.29, 0.717) is 11.4 Å². The van der Waals surface area contributed by atoms with Crippen molar-refractivity contribution in [2.75, 3.05) is 7.11 Å². The van der Waals surface area contributed by atoms with Crippen molar-refractivity contribution in [2.24, 2.45) is 11.8 Å². The van der Waals surface area contributed by atoms with Crippen molar-refractivity contribution in [1.82, 2.24) is 15.3 Å². The number of methoxy groups -OCH3 is 1. The standard InChI is InChI=1S/C26H30ClN3O3/c1-33-23-14-12-22(13-15-23)30-25(19-8-10-20(27)11-9-19)17-21(28-30)16-24(26(31)29-32)18-6-4-2-3-5-7-18/h8-15,17-18,24,32H,2-7,16H2,1H3,(H,29,31). The summed E-state index contributed by atoms with van der Waals surface area (Å²) in [5.41, 5.74) is 5.50. The van der Waals surface area contributed by atoms with Gasteiger partial charge in [0.25, 0.3) is 0 Å². The minimum Gasteiger partial charge on any atom is -0.497 e. The predicted octanol–water partition coefficient (Wildman–Crippen LogP) is 5.84. The summed E-state index contributed by atoms with van der Waals surface area (Å²) in [5.74, 6) is 0.372. The van der Waals surface area contributed by atoms with Crippen LogP contribution < -0.4 is 10.2 Å². The van der Waals surface area contributed by atoms with E-state index < -0.39 is 0 Å². The van der Waals surface area contributed by atoms with E-state index in [9.17, 15) is 10.0 Å². The normalized spacial score (nSPS) is 15.6. The highest BCUT2D eigenvalue weighted by atomic mass is 35.5. The van der Waals surface area contributed by atoms with E-state index >= 15 is 0 Å². The molecule has 1 fully saturated rings. The highest BCUT2D eigenvalue weighted by Gasteiger charge is 2.30. The van der Waals surface area contributed by atoms with Gasteiger partial charge in [0.2, 0.25) is 5.91 Å². The Bertz CT molecular complexity index is 1060. The first-order chi connectivity index (χ1) is 16.1. The maximum Gasteiger partial charge on any atom is 0.247 e. The number of carbonyl (C=O) groups excluding carboxylic acids is 1. The Morgan fingerprint density at radius 1 is 1.12 bits per heavy atom. The Morgan fingerprint density at radius 3 is 2.39 bits per heavy atom. The molecule has 3 aromatic rings. The molecule has 1 aliphatic rings. The second-order valence-electron chi connectivity index (χ2n) is 8.68. The zero-order valence-electron chi connectivity index (χ0n) is 18.8. The Labute approximate surface area is 199 Å².